The van der Waals surface area contributed by atoms with Crippen LogP contribution in [0.5, 0.6) is 0 Å². The molecule has 2 aromatic heterocycles. The van der Waals surface area contributed by atoms with Crippen LogP contribution in [0, 0.1) is 0 Å². The molecule has 21 heavy (non-hydrogen) atoms. The molecule has 0 fully saturated rings. The van der Waals surface area contributed by atoms with Gasteiger partial charge < -0.3 is 10.8 Å². The first-order chi connectivity index (χ1) is 10.2. The van der Waals surface area contributed by atoms with Crippen LogP contribution in [-0.2, 0) is 6.67 Å². The zero-order chi connectivity index (χ0) is 14.8. The summed E-state index contributed by atoms with van der Waals surface area (Å²) in [6, 6.07) is 1.80. The minimum Gasteiger partial charge on any atom is -0.389 e. The number of aliphatic hydroxyl groups excluding tert-OH is 1. The summed E-state index contributed by atoms with van der Waals surface area (Å²) >= 11 is 6.07. The summed E-state index contributed by atoms with van der Waals surface area (Å²) in [4.78, 5) is 8.15. The molecule has 3 rings (SSSR count). The van der Waals surface area contributed by atoms with Gasteiger partial charge in [0.15, 0.2) is 0 Å². The molecule has 6 nitrogen and oxygen atoms in total. The van der Waals surface area contributed by atoms with E-state index in [1.54, 1.807) is 23.0 Å². The molecule has 108 valence electrons. The van der Waals surface area contributed by atoms with E-state index >= 15 is 0 Å². The quantitative estimate of drug-likeness (QED) is 0.897. The van der Waals surface area contributed by atoms with E-state index < -0.39 is 6.10 Å². The van der Waals surface area contributed by atoms with Gasteiger partial charge in [0, 0.05) is 35.0 Å². The van der Waals surface area contributed by atoms with Crippen molar-refractivity contribution in [1.82, 2.24) is 19.7 Å². The van der Waals surface area contributed by atoms with Gasteiger partial charge in [0.1, 0.15) is 12.0 Å². The van der Waals surface area contributed by atoms with Crippen LogP contribution in [0.2, 0.25) is 0 Å². The van der Waals surface area contributed by atoms with Gasteiger partial charge in [-0.05, 0) is 18.2 Å². The predicted molar refractivity (Wildman–Crippen MR) is 80.0 cm³/mol. The van der Waals surface area contributed by atoms with Gasteiger partial charge >= 0.3 is 0 Å². The number of hydrogen-bond donors (Lipinski definition) is 2. The molecule has 1 aliphatic carbocycles. The highest BCUT2D eigenvalue weighted by Crippen LogP contribution is 2.32. The van der Waals surface area contributed by atoms with Gasteiger partial charge in [-0.15, -0.1) is 0 Å². The van der Waals surface area contributed by atoms with Crippen molar-refractivity contribution in [3.8, 4) is 11.3 Å². The summed E-state index contributed by atoms with van der Waals surface area (Å²) in [5.41, 5.74) is 8.67. The van der Waals surface area contributed by atoms with Gasteiger partial charge in [-0.2, -0.15) is 5.10 Å². The number of aliphatic hydroxyl groups is 1. The van der Waals surface area contributed by atoms with E-state index in [1.807, 2.05) is 12.3 Å². The minimum atomic E-state index is -0.612. The highest BCUT2D eigenvalue weighted by Gasteiger charge is 2.19. The SMILES string of the molecule is NCn1cc(-c2ccncn2)c(C2=CC(O)CC(Cl)=C2)n1. The average molecular weight is 304 g/mol. The third-order valence-electron chi connectivity index (χ3n) is 3.17. The molecule has 0 saturated heterocycles. The molecule has 1 unspecified atom stereocenters. The van der Waals surface area contributed by atoms with Crippen LogP contribution in [0.3, 0.4) is 0 Å². The van der Waals surface area contributed by atoms with Crippen molar-refractivity contribution in [2.24, 2.45) is 5.73 Å². The molecule has 1 aliphatic rings. The minimum absolute atomic E-state index is 0.255. The lowest BCUT2D eigenvalue weighted by Crippen LogP contribution is -2.09. The molecule has 0 amide bonds. The topological polar surface area (TPSA) is 89.9 Å². The van der Waals surface area contributed by atoms with Gasteiger partial charge in [-0.25, -0.2) is 9.97 Å². The van der Waals surface area contributed by atoms with E-state index in [-0.39, 0.29) is 6.67 Å². The number of nitrogens with two attached hydrogens (primary N) is 1. The van der Waals surface area contributed by atoms with Crippen LogP contribution in [0.25, 0.3) is 16.8 Å². The zero-order valence-electron chi connectivity index (χ0n) is 11.1. The van der Waals surface area contributed by atoms with Gasteiger partial charge in [-0.1, -0.05) is 11.6 Å². The zero-order valence-corrected chi connectivity index (χ0v) is 11.9. The van der Waals surface area contributed by atoms with Crippen LogP contribution in [0.1, 0.15) is 12.1 Å². The summed E-state index contributed by atoms with van der Waals surface area (Å²) in [5, 5.41) is 14.9. The fraction of sp³-hybridized carbons (Fsp3) is 0.214. The Morgan fingerprint density at radius 1 is 1.48 bits per heavy atom. The molecule has 0 bridgehead atoms. The Balaban J connectivity index is 2.12. The summed E-state index contributed by atoms with van der Waals surface area (Å²) in [5.74, 6) is 0. The Kier molecular flexibility index (Phi) is 3.83. The maximum absolute atomic E-state index is 9.85. The number of hydrogen-bond acceptors (Lipinski definition) is 5. The molecule has 2 aromatic rings. The smallest absolute Gasteiger partial charge is 0.116 e. The molecular weight excluding hydrogens is 290 g/mol. The molecule has 0 aromatic carbocycles. The lowest BCUT2D eigenvalue weighted by atomic mass is 9.99. The first kappa shape index (κ1) is 13.9. The number of halogens is 1. The van der Waals surface area contributed by atoms with Crippen molar-refractivity contribution < 1.29 is 5.11 Å². The Hall–Kier alpha value is -2.02. The van der Waals surface area contributed by atoms with Crippen molar-refractivity contribution in [2.45, 2.75) is 19.2 Å². The Labute approximate surface area is 126 Å². The van der Waals surface area contributed by atoms with Gasteiger partial charge in [0.25, 0.3) is 0 Å². The fourth-order valence-corrected chi connectivity index (χ4v) is 2.53. The number of aromatic nitrogens is 4. The summed E-state index contributed by atoms with van der Waals surface area (Å²) in [6.45, 7) is 0.255. The molecule has 0 radical (unpaired) electrons. The van der Waals surface area contributed by atoms with Crippen LogP contribution in [0.15, 0.2) is 42.0 Å². The fourth-order valence-electron chi connectivity index (χ4n) is 2.25. The van der Waals surface area contributed by atoms with Gasteiger partial charge in [-0.3, -0.25) is 4.68 Å². The molecule has 3 N–H and O–H groups in total. The third kappa shape index (κ3) is 2.87. The highest BCUT2D eigenvalue weighted by molar-refractivity contribution is 6.30. The lowest BCUT2D eigenvalue weighted by Gasteiger charge is -2.13. The second kappa shape index (κ2) is 5.77. The predicted octanol–water partition coefficient (Wildman–Crippen LogP) is 1.53. The Morgan fingerprint density at radius 3 is 3.00 bits per heavy atom. The number of rotatable bonds is 3. The van der Waals surface area contributed by atoms with Crippen LogP contribution in [0.4, 0.5) is 0 Å². The molecule has 0 saturated carbocycles. The maximum atomic E-state index is 9.85. The van der Waals surface area contributed by atoms with Crippen LogP contribution in [-0.4, -0.2) is 31.0 Å². The summed E-state index contributed by atoms with van der Waals surface area (Å²) < 4.78 is 1.62. The van der Waals surface area contributed by atoms with Crippen molar-refractivity contribution in [2.75, 3.05) is 0 Å². The van der Waals surface area contributed by atoms with Gasteiger partial charge in [0.2, 0.25) is 0 Å². The monoisotopic (exact) mass is 303 g/mol. The van der Waals surface area contributed by atoms with E-state index in [1.165, 1.54) is 6.33 Å². The highest BCUT2D eigenvalue weighted by atomic mass is 35.5. The van der Waals surface area contributed by atoms with E-state index in [4.69, 9.17) is 17.3 Å². The molecule has 2 heterocycles. The van der Waals surface area contributed by atoms with E-state index in [9.17, 15) is 5.11 Å². The number of nitrogens with zero attached hydrogens (tertiary/aromatic N) is 4. The lowest BCUT2D eigenvalue weighted by molar-refractivity contribution is 0.225. The second-order valence-corrected chi connectivity index (χ2v) is 5.18. The van der Waals surface area contributed by atoms with Crippen molar-refractivity contribution in [3.05, 3.63) is 47.7 Å². The Morgan fingerprint density at radius 2 is 2.33 bits per heavy atom. The van der Waals surface area contributed by atoms with Gasteiger partial charge in [0.05, 0.1) is 18.5 Å². The van der Waals surface area contributed by atoms with Crippen LogP contribution < -0.4 is 5.73 Å². The normalized spacial score (nSPS) is 18.3. The molecular formula is C14H14ClN5O. The first-order valence-corrected chi connectivity index (χ1v) is 6.85. The van der Waals surface area contributed by atoms with E-state index in [2.05, 4.69) is 15.1 Å². The van der Waals surface area contributed by atoms with Crippen molar-refractivity contribution in [3.63, 3.8) is 0 Å². The number of allylic oxidation sites excluding steroid dienone is 2. The van der Waals surface area contributed by atoms with Crippen molar-refractivity contribution >= 4 is 17.2 Å². The largest absolute Gasteiger partial charge is 0.389 e. The van der Waals surface area contributed by atoms with E-state index in [0.717, 1.165) is 16.8 Å². The second-order valence-electron chi connectivity index (χ2n) is 4.69. The van der Waals surface area contributed by atoms with Crippen molar-refractivity contribution in [1.29, 1.82) is 0 Å². The van der Waals surface area contributed by atoms with Crippen LogP contribution >= 0.6 is 11.6 Å². The standard InChI is InChI=1S/C14H14ClN5O/c15-10-3-9(4-11(21)5-10)14-12(6-20(7-16)19-14)13-1-2-17-8-18-13/h1-4,6,8,11,21H,5,7,16H2. The Bertz CT molecular complexity index is 707. The average Bonchev–Trinajstić information content (AvgIpc) is 2.91. The summed E-state index contributed by atoms with van der Waals surface area (Å²) in [6.07, 6.45) is 8.32. The molecule has 7 heteroatoms. The summed E-state index contributed by atoms with van der Waals surface area (Å²) in [7, 11) is 0. The molecule has 1 atom stereocenters. The maximum Gasteiger partial charge on any atom is 0.116 e. The molecule has 0 spiro atoms. The first-order valence-electron chi connectivity index (χ1n) is 6.47. The molecule has 0 aliphatic heterocycles. The van der Waals surface area contributed by atoms with E-state index in [0.29, 0.717) is 17.1 Å². The third-order valence-corrected chi connectivity index (χ3v) is 3.43.